The minimum absolute atomic E-state index is 0.0693. The quantitative estimate of drug-likeness (QED) is 0.701. The van der Waals surface area contributed by atoms with Crippen LogP contribution < -0.4 is 5.56 Å². The summed E-state index contributed by atoms with van der Waals surface area (Å²) in [7, 11) is 0. The summed E-state index contributed by atoms with van der Waals surface area (Å²) in [5.74, 6) is 0. The zero-order valence-corrected chi connectivity index (χ0v) is 10.7. The van der Waals surface area contributed by atoms with Gasteiger partial charge in [0.05, 0.1) is 23.8 Å². The highest BCUT2D eigenvalue weighted by atomic mass is 16.1. The van der Waals surface area contributed by atoms with E-state index in [4.69, 9.17) is 0 Å². The van der Waals surface area contributed by atoms with Gasteiger partial charge in [0.1, 0.15) is 0 Å². The molecule has 0 fully saturated rings. The third-order valence-electron chi connectivity index (χ3n) is 3.19. The lowest BCUT2D eigenvalue weighted by Crippen LogP contribution is -2.21. The van der Waals surface area contributed by atoms with Crippen LogP contribution in [0.25, 0.3) is 11.0 Å². The summed E-state index contributed by atoms with van der Waals surface area (Å²) in [6, 6.07) is 15.9. The number of rotatable bonds is 2. The van der Waals surface area contributed by atoms with Gasteiger partial charge in [-0.05, 0) is 30.2 Å². The van der Waals surface area contributed by atoms with E-state index >= 15 is 0 Å². The fourth-order valence-electron chi connectivity index (χ4n) is 2.21. The Hall–Kier alpha value is -2.42. The average Bonchev–Trinajstić information content (AvgIpc) is 2.43. The average molecular weight is 250 g/mol. The zero-order valence-electron chi connectivity index (χ0n) is 10.7. The molecule has 0 amide bonds. The second kappa shape index (κ2) is 4.69. The van der Waals surface area contributed by atoms with E-state index < -0.39 is 0 Å². The molecule has 94 valence electrons. The number of aromatic nitrogens is 2. The minimum atomic E-state index is -0.0693. The molecule has 3 nitrogen and oxygen atoms in total. The van der Waals surface area contributed by atoms with Gasteiger partial charge in [-0.15, -0.1) is 0 Å². The molecular weight excluding hydrogens is 236 g/mol. The van der Waals surface area contributed by atoms with Gasteiger partial charge in [-0.3, -0.25) is 4.79 Å². The first-order valence-corrected chi connectivity index (χ1v) is 6.24. The van der Waals surface area contributed by atoms with Gasteiger partial charge in [-0.1, -0.05) is 36.4 Å². The Morgan fingerprint density at radius 2 is 1.89 bits per heavy atom. The largest absolute Gasteiger partial charge is 0.301 e. The van der Waals surface area contributed by atoms with E-state index in [1.54, 1.807) is 4.57 Å². The number of aryl methyl sites for hydroxylation is 1. The second-order valence-electron chi connectivity index (χ2n) is 4.66. The second-order valence-corrected chi connectivity index (χ2v) is 4.66. The number of benzene rings is 2. The highest BCUT2D eigenvalue weighted by Crippen LogP contribution is 2.13. The van der Waals surface area contributed by atoms with Crippen molar-refractivity contribution in [3.8, 4) is 0 Å². The summed E-state index contributed by atoms with van der Waals surface area (Å²) in [6.45, 7) is 2.59. The first kappa shape index (κ1) is 11.7. The van der Waals surface area contributed by atoms with Gasteiger partial charge in [-0.2, -0.15) is 0 Å². The van der Waals surface area contributed by atoms with Crippen molar-refractivity contribution in [2.75, 3.05) is 0 Å². The van der Waals surface area contributed by atoms with Crippen molar-refractivity contribution in [3.05, 3.63) is 76.2 Å². The van der Waals surface area contributed by atoms with E-state index in [0.717, 1.165) is 22.2 Å². The first-order valence-electron chi connectivity index (χ1n) is 6.24. The van der Waals surface area contributed by atoms with Crippen LogP contribution in [0.1, 0.15) is 11.1 Å². The third kappa shape index (κ3) is 2.27. The van der Waals surface area contributed by atoms with E-state index in [2.05, 4.69) is 4.98 Å². The predicted molar refractivity (Wildman–Crippen MR) is 76.3 cm³/mol. The molecule has 19 heavy (non-hydrogen) atoms. The van der Waals surface area contributed by atoms with Crippen LogP contribution in [0.3, 0.4) is 0 Å². The molecule has 0 N–H and O–H groups in total. The normalized spacial score (nSPS) is 10.8. The maximum Gasteiger partial charge on any atom is 0.269 e. The molecule has 1 heterocycles. The molecule has 0 saturated heterocycles. The Morgan fingerprint density at radius 3 is 2.68 bits per heavy atom. The fourth-order valence-corrected chi connectivity index (χ4v) is 2.21. The van der Waals surface area contributed by atoms with Crippen LogP contribution in [0.4, 0.5) is 0 Å². The highest BCUT2D eigenvalue weighted by molar-refractivity contribution is 5.75. The van der Waals surface area contributed by atoms with Gasteiger partial charge >= 0.3 is 0 Å². The summed E-state index contributed by atoms with van der Waals surface area (Å²) < 4.78 is 1.76. The maximum atomic E-state index is 12.0. The van der Waals surface area contributed by atoms with Crippen LogP contribution in [0, 0.1) is 6.92 Å². The Bertz CT molecular complexity index is 776. The first-order chi connectivity index (χ1) is 9.24. The lowest BCUT2D eigenvalue weighted by Gasteiger charge is -2.10. The molecule has 0 bridgehead atoms. The lowest BCUT2D eigenvalue weighted by atomic mass is 10.2. The van der Waals surface area contributed by atoms with E-state index in [1.807, 2.05) is 55.5 Å². The SMILES string of the molecule is Cc1ccc2c(c1)ncc(=O)n2Cc1ccccc1. The van der Waals surface area contributed by atoms with Crippen LogP contribution in [-0.2, 0) is 6.54 Å². The molecule has 3 aromatic rings. The van der Waals surface area contributed by atoms with Crippen molar-refractivity contribution in [2.45, 2.75) is 13.5 Å². The Balaban J connectivity index is 2.17. The molecule has 0 aliphatic heterocycles. The molecule has 1 aromatic heterocycles. The standard InChI is InChI=1S/C16H14N2O/c1-12-7-8-15-14(9-12)17-10-16(19)18(15)11-13-5-3-2-4-6-13/h2-10H,11H2,1H3. The van der Waals surface area contributed by atoms with Gasteiger partial charge in [0.25, 0.3) is 5.56 Å². The molecule has 0 unspecified atom stereocenters. The zero-order chi connectivity index (χ0) is 13.2. The van der Waals surface area contributed by atoms with Gasteiger partial charge in [0.15, 0.2) is 0 Å². The highest BCUT2D eigenvalue weighted by Gasteiger charge is 2.04. The molecule has 0 radical (unpaired) electrons. The Kier molecular flexibility index (Phi) is 2.88. The van der Waals surface area contributed by atoms with Crippen molar-refractivity contribution in [1.82, 2.24) is 9.55 Å². The van der Waals surface area contributed by atoms with E-state index in [-0.39, 0.29) is 5.56 Å². The van der Waals surface area contributed by atoms with E-state index in [1.165, 1.54) is 6.20 Å². The summed E-state index contributed by atoms with van der Waals surface area (Å²) in [6.07, 6.45) is 1.39. The van der Waals surface area contributed by atoms with Gasteiger partial charge < -0.3 is 4.57 Å². The topological polar surface area (TPSA) is 34.9 Å². The lowest BCUT2D eigenvalue weighted by molar-refractivity contribution is 0.787. The van der Waals surface area contributed by atoms with Crippen LogP contribution in [-0.4, -0.2) is 9.55 Å². The maximum absolute atomic E-state index is 12.0. The molecule has 0 aliphatic carbocycles. The molecule has 3 rings (SSSR count). The number of hydrogen-bond acceptors (Lipinski definition) is 2. The minimum Gasteiger partial charge on any atom is -0.301 e. The Morgan fingerprint density at radius 1 is 1.11 bits per heavy atom. The number of nitrogens with zero attached hydrogens (tertiary/aromatic N) is 2. The third-order valence-corrected chi connectivity index (χ3v) is 3.19. The number of hydrogen-bond donors (Lipinski definition) is 0. The van der Waals surface area contributed by atoms with Gasteiger partial charge in [0, 0.05) is 0 Å². The van der Waals surface area contributed by atoms with Crippen molar-refractivity contribution in [2.24, 2.45) is 0 Å². The fraction of sp³-hybridized carbons (Fsp3) is 0.125. The molecule has 0 spiro atoms. The van der Waals surface area contributed by atoms with Crippen molar-refractivity contribution >= 4 is 11.0 Å². The number of fused-ring (bicyclic) bond motifs is 1. The van der Waals surface area contributed by atoms with E-state index in [9.17, 15) is 4.79 Å². The van der Waals surface area contributed by atoms with Crippen molar-refractivity contribution in [1.29, 1.82) is 0 Å². The summed E-state index contributed by atoms with van der Waals surface area (Å²) >= 11 is 0. The summed E-state index contributed by atoms with van der Waals surface area (Å²) in [5, 5.41) is 0. The predicted octanol–water partition coefficient (Wildman–Crippen LogP) is 2.75. The molecular formula is C16H14N2O. The van der Waals surface area contributed by atoms with Crippen molar-refractivity contribution < 1.29 is 0 Å². The summed E-state index contributed by atoms with van der Waals surface area (Å²) in [4.78, 5) is 16.2. The monoisotopic (exact) mass is 250 g/mol. The van der Waals surface area contributed by atoms with E-state index in [0.29, 0.717) is 6.54 Å². The molecule has 0 atom stereocenters. The van der Waals surface area contributed by atoms with Crippen LogP contribution >= 0.6 is 0 Å². The van der Waals surface area contributed by atoms with Crippen LogP contribution in [0.15, 0.2) is 59.5 Å². The molecule has 0 saturated carbocycles. The molecule has 3 heteroatoms. The Labute approximate surface area is 111 Å². The molecule has 2 aromatic carbocycles. The van der Waals surface area contributed by atoms with Crippen LogP contribution in [0.5, 0.6) is 0 Å². The van der Waals surface area contributed by atoms with Gasteiger partial charge in [0.2, 0.25) is 0 Å². The van der Waals surface area contributed by atoms with Gasteiger partial charge in [-0.25, -0.2) is 4.98 Å². The van der Waals surface area contributed by atoms with Crippen LogP contribution in [0.2, 0.25) is 0 Å². The smallest absolute Gasteiger partial charge is 0.269 e. The summed E-state index contributed by atoms with van der Waals surface area (Å²) in [5.41, 5.74) is 3.92. The molecule has 0 aliphatic rings. The van der Waals surface area contributed by atoms with Crippen molar-refractivity contribution in [3.63, 3.8) is 0 Å².